The van der Waals surface area contributed by atoms with Crippen molar-refractivity contribution in [2.45, 2.75) is 52.6 Å². The quantitative estimate of drug-likeness (QED) is 0.529. The van der Waals surface area contributed by atoms with Gasteiger partial charge in [0, 0.05) is 50.3 Å². The van der Waals surface area contributed by atoms with Gasteiger partial charge >= 0.3 is 0 Å². The predicted octanol–water partition coefficient (Wildman–Crippen LogP) is 0.942. The van der Waals surface area contributed by atoms with Crippen molar-refractivity contribution in [1.82, 2.24) is 21.3 Å². The van der Waals surface area contributed by atoms with Crippen LogP contribution in [-0.2, 0) is 0 Å². The van der Waals surface area contributed by atoms with Crippen molar-refractivity contribution in [2.75, 3.05) is 39.3 Å². The number of nitrogens with one attached hydrogen (secondary N) is 4. The van der Waals surface area contributed by atoms with Crippen LogP contribution >= 0.6 is 0 Å². The zero-order chi connectivity index (χ0) is 14.6. The van der Waals surface area contributed by atoms with E-state index in [-0.39, 0.29) is 16.5 Å². The van der Waals surface area contributed by atoms with Gasteiger partial charge in [-0.05, 0) is 33.1 Å². The topological polar surface area (TPSA) is 48.1 Å². The normalized spacial score (nSPS) is 28.7. The summed E-state index contributed by atoms with van der Waals surface area (Å²) >= 11 is 0. The SMILES string of the molecule is CC1(C)CNC(C)(C)CNCCNCC(C)(C)NC1. The van der Waals surface area contributed by atoms with Crippen LogP contribution in [0.4, 0.5) is 0 Å². The Bertz CT molecular complexity index is 245. The molecule has 1 fully saturated rings. The Morgan fingerprint density at radius 3 is 1.32 bits per heavy atom. The summed E-state index contributed by atoms with van der Waals surface area (Å²) in [5.41, 5.74) is 0.532. The summed E-state index contributed by atoms with van der Waals surface area (Å²) in [6.45, 7) is 19.8. The van der Waals surface area contributed by atoms with E-state index in [9.17, 15) is 0 Å². The molecule has 4 N–H and O–H groups in total. The maximum atomic E-state index is 3.69. The van der Waals surface area contributed by atoms with Crippen LogP contribution in [0, 0.1) is 5.41 Å². The number of rotatable bonds is 0. The Morgan fingerprint density at radius 1 is 0.579 bits per heavy atom. The Hall–Kier alpha value is -0.160. The zero-order valence-electron chi connectivity index (χ0n) is 13.7. The van der Waals surface area contributed by atoms with Gasteiger partial charge in [0.05, 0.1) is 0 Å². The fourth-order valence-electron chi connectivity index (χ4n) is 2.12. The highest BCUT2D eigenvalue weighted by Gasteiger charge is 2.26. The molecule has 0 amide bonds. The first-order chi connectivity index (χ1) is 8.62. The van der Waals surface area contributed by atoms with E-state index in [2.05, 4.69) is 62.8 Å². The minimum absolute atomic E-state index is 0.140. The van der Waals surface area contributed by atoms with E-state index in [4.69, 9.17) is 0 Å². The van der Waals surface area contributed by atoms with Crippen LogP contribution in [0.25, 0.3) is 0 Å². The lowest BCUT2D eigenvalue weighted by Gasteiger charge is -2.35. The van der Waals surface area contributed by atoms with E-state index < -0.39 is 0 Å². The maximum Gasteiger partial charge on any atom is 0.0249 e. The van der Waals surface area contributed by atoms with E-state index in [0.29, 0.717) is 0 Å². The smallest absolute Gasteiger partial charge is 0.0249 e. The van der Waals surface area contributed by atoms with Crippen molar-refractivity contribution < 1.29 is 0 Å². The first-order valence-electron chi connectivity index (χ1n) is 7.54. The molecule has 0 atom stereocenters. The standard InChI is InChI=1S/C15H34N4/c1-13(2)9-18-14(3,4)11-16-7-8-17-12-15(5,6)19-10-13/h16-19H,7-12H2,1-6H3. The molecule has 114 valence electrons. The maximum absolute atomic E-state index is 3.69. The average molecular weight is 270 g/mol. The Morgan fingerprint density at radius 2 is 0.947 bits per heavy atom. The minimum atomic E-state index is 0.140. The van der Waals surface area contributed by atoms with Crippen LogP contribution < -0.4 is 21.3 Å². The molecule has 0 aromatic carbocycles. The van der Waals surface area contributed by atoms with Gasteiger partial charge in [-0.2, -0.15) is 0 Å². The monoisotopic (exact) mass is 270 g/mol. The molecule has 1 heterocycles. The summed E-state index contributed by atoms with van der Waals surface area (Å²) in [7, 11) is 0. The van der Waals surface area contributed by atoms with Gasteiger partial charge in [-0.15, -0.1) is 0 Å². The molecule has 0 spiro atoms. The van der Waals surface area contributed by atoms with Crippen molar-refractivity contribution in [3.63, 3.8) is 0 Å². The third kappa shape index (κ3) is 7.25. The molecular formula is C15H34N4. The Kier molecular flexibility index (Phi) is 5.80. The molecule has 0 aromatic rings. The van der Waals surface area contributed by atoms with Gasteiger partial charge in [0.15, 0.2) is 0 Å². The van der Waals surface area contributed by atoms with Crippen LogP contribution in [0.2, 0.25) is 0 Å². The second-order valence-electron chi connectivity index (χ2n) is 7.99. The fraction of sp³-hybridized carbons (Fsp3) is 1.00. The van der Waals surface area contributed by atoms with E-state index in [0.717, 1.165) is 39.3 Å². The molecule has 19 heavy (non-hydrogen) atoms. The Labute approximate surface area is 119 Å². The van der Waals surface area contributed by atoms with E-state index >= 15 is 0 Å². The summed E-state index contributed by atoms with van der Waals surface area (Å²) in [5.74, 6) is 0. The molecule has 4 heteroatoms. The van der Waals surface area contributed by atoms with Gasteiger partial charge in [0.1, 0.15) is 0 Å². The molecule has 1 rings (SSSR count). The lowest BCUT2D eigenvalue weighted by atomic mass is 9.90. The van der Waals surface area contributed by atoms with Crippen molar-refractivity contribution in [2.24, 2.45) is 5.41 Å². The van der Waals surface area contributed by atoms with Crippen LogP contribution in [0.3, 0.4) is 0 Å². The molecule has 0 aromatic heterocycles. The van der Waals surface area contributed by atoms with Crippen LogP contribution in [0.15, 0.2) is 0 Å². The molecule has 0 unspecified atom stereocenters. The summed E-state index contributed by atoms with van der Waals surface area (Å²) < 4.78 is 0. The predicted molar refractivity (Wildman–Crippen MR) is 83.7 cm³/mol. The van der Waals surface area contributed by atoms with Crippen molar-refractivity contribution >= 4 is 0 Å². The van der Waals surface area contributed by atoms with Crippen LogP contribution in [0.1, 0.15) is 41.5 Å². The van der Waals surface area contributed by atoms with E-state index in [1.165, 1.54) is 0 Å². The van der Waals surface area contributed by atoms with Gasteiger partial charge < -0.3 is 21.3 Å². The van der Waals surface area contributed by atoms with Crippen LogP contribution in [0.5, 0.6) is 0 Å². The summed E-state index contributed by atoms with van der Waals surface area (Å²) in [6, 6.07) is 0. The van der Waals surface area contributed by atoms with E-state index in [1.54, 1.807) is 0 Å². The van der Waals surface area contributed by atoms with Crippen LogP contribution in [-0.4, -0.2) is 50.3 Å². The molecule has 0 saturated carbocycles. The summed E-state index contributed by atoms with van der Waals surface area (Å²) in [5, 5.41) is 14.4. The first kappa shape index (κ1) is 16.9. The second kappa shape index (κ2) is 6.53. The third-order valence-electron chi connectivity index (χ3n) is 3.70. The molecule has 1 aliphatic rings. The Balaban J connectivity index is 2.63. The van der Waals surface area contributed by atoms with Gasteiger partial charge in [-0.1, -0.05) is 13.8 Å². The molecule has 1 saturated heterocycles. The van der Waals surface area contributed by atoms with Crippen molar-refractivity contribution in [3.8, 4) is 0 Å². The lowest BCUT2D eigenvalue weighted by molar-refractivity contribution is 0.240. The largest absolute Gasteiger partial charge is 0.314 e. The third-order valence-corrected chi connectivity index (χ3v) is 3.70. The van der Waals surface area contributed by atoms with Gasteiger partial charge in [-0.25, -0.2) is 0 Å². The number of hydrogen-bond donors (Lipinski definition) is 4. The van der Waals surface area contributed by atoms with E-state index in [1.807, 2.05) is 0 Å². The average Bonchev–Trinajstić information content (AvgIpc) is 2.29. The lowest BCUT2D eigenvalue weighted by Crippen LogP contribution is -2.54. The first-order valence-corrected chi connectivity index (χ1v) is 7.54. The molecular weight excluding hydrogens is 236 g/mol. The van der Waals surface area contributed by atoms with Gasteiger partial charge in [0.2, 0.25) is 0 Å². The fourth-order valence-corrected chi connectivity index (χ4v) is 2.12. The van der Waals surface area contributed by atoms with Gasteiger partial charge in [-0.3, -0.25) is 0 Å². The van der Waals surface area contributed by atoms with Gasteiger partial charge in [0.25, 0.3) is 0 Å². The highest BCUT2D eigenvalue weighted by atomic mass is 15.1. The summed E-state index contributed by atoms with van der Waals surface area (Å²) in [4.78, 5) is 0. The number of hydrogen-bond acceptors (Lipinski definition) is 4. The zero-order valence-corrected chi connectivity index (χ0v) is 13.7. The van der Waals surface area contributed by atoms with Crippen molar-refractivity contribution in [3.05, 3.63) is 0 Å². The summed E-state index contributed by atoms with van der Waals surface area (Å²) in [6.07, 6.45) is 0. The molecule has 0 radical (unpaired) electrons. The molecule has 0 aliphatic carbocycles. The minimum Gasteiger partial charge on any atom is -0.314 e. The van der Waals surface area contributed by atoms with Crippen molar-refractivity contribution in [1.29, 1.82) is 0 Å². The highest BCUT2D eigenvalue weighted by molar-refractivity contribution is 4.88. The molecule has 4 nitrogen and oxygen atoms in total. The second-order valence-corrected chi connectivity index (χ2v) is 7.99. The molecule has 0 bridgehead atoms. The molecule has 1 aliphatic heterocycles. The highest BCUT2D eigenvalue weighted by Crippen LogP contribution is 2.16.